The highest BCUT2D eigenvalue weighted by Crippen LogP contribution is 2.25. The third kappa shape index (κ3) is 7.55. The summed E-state index contributed by atoms with van der Waals surface area (Å²) in [6, 6.07) is 5.16. The van der Waals surface area contributed by atoms with Gasteiger partial charge in [-0.25, -0.2) is 13.8 Å². The first-order chi connectivity index (χ1) is 15.2. The summed E-state index contributed by atoms with van der Waals surface area (Å²) >= 11 is 0. The molecule has 0 atom stereocenters. The van der Waals surface area contributed by atoms with Crippen LogP contribution in [0.4, 0.5) is 8.78 Å². The maximum absolute atomic E-state index is 12.7. The Kier molecular flexibility index (Phi) is 9.49. The fourth-order valence-corrected chi connectivity index (χ4v) is 2.92. The van der Waals surface area contributed by atoms with Gasteiger partial charge in [0.2, 0.25) is 11.8 Å². The summed E-state index contributed by atoms with van der Waals surface area (Å²) in [4.78, 5) is 32.9. The molecule has 0 aliphatic heterocycles. The van der Waals surface area contributed by atoms with Crippen molar-refractivity contribution in [3.05, 3.63) is 53.0 Å². The zero-order chi connectivity index (χ0) is 23.7. The first kappa shape index (κ1) is 25.2. The summed E-state index contributed by atoms with van der Waals surface area (Å²) in [6.07, 6.45) is 0.951. The van der Waals surface area contributed by atoms with Gasteiger partial charge in [-0.15, -0.1) is 0 Å². The van der Waals surface area contributed by atoms with E-state index in [2.05, 4.69) is 20.6 Å². The van der Waals surface area contributed by atoms with Crippen LogP contribution in [0.2, 0.25) is 0 Å². The van der Waals surface area contributed by atoms with Crippen molar-refractivity contribution in [3.8, 4) is 5.88 Å². The number of rotatable bonds is 11. The number of carbonyl (C=O) groups is 2. The van der Waals surface area contributed by atoms with Gasteiger partial charge in [0.15, 0.2) is 6.61 Å². The molecule has 2 amide bonds. The van der Waals surface area contributed by atoms with E-state index in [1.54, 1.807) is 24.4 Å². The molecule has 174 valence electrons. The van der Waals surface area contributed by atoms with E-state index in [9.17, 15) is 18.4 Å². The van der Waals surface area contributed by atoms with Crippen molar-refractivity contribution in [3.63, 3.8) is 0 Å². The lowest BCUT2D eigenvalue weighted by Gasteiger charge is -2.15. The molecule has 2 N–H and O–H groups in total. The number of nitrogens with one attached hydrogen (secondary N) is 2. The molecular formula is C23H30F2N4O3. The topological polar surface area (TPSA) is 93.2 Å². The average molecular weight is 449 g/mol. The second-order valence-corrected chi connectivity index (χ2v) is 7.97. The van der Waals surface area contributed by atoms with E-state index in [1.165, 1.54) is 6.20 Å². The number of hydrogen-bond acceptors (Lipinski definition) is 5. The molecule has 2 aromatic heterocycles. The molecule has 9 heteroatoms. The predicted octanol–water partition coefficient (Wildman–Crippen LogP) is 3.49. The Morgan fingerprint density at radius 1 is 1.12 bits per heavy atom. The fraction of sp³-hybridized carbons (Fsp3) is 0.478. The molecule has 0 spiro atoms. The van der Waals surface area contributed by atoms with E-state index in [-0.39, 0.29) is 36.1 Å². The molecule has 2 rings (SSSR count). The van der Waals surface area contributed by atoms with E-state index in [1.807, 2.05) is 27.7 Å². The van der Waals surface area contributed by atoms with Crippen LogP contribution >= 0.6 is 0 Å². The molecule has 0 unspecified atom stereocenters. The minimum Gasteiger partial charge on any atom is -0.471 e. The minimum atomic E-state index is -2.58. The largest absolute Gasteiger partial charge is 0.471 e. The van der Waals surface area contributed by atoms with Gasteiger partial charge in [-0.1, -0.05) is 27.7 Å². The molecule has 0 fully saturated rings. The molecule has 32 heavy (non-hydrogen) atoms. The van der Waals surface area contributed by atoms with Gasteiger partial charge in [0.25, 0.3) is 12.3 Å². The third-order valence-electron chi connectivity index (χ3n) is 4.68. The van der Waals surface area contributed by atoms with E-state index in [0.29, 0.717) is 29.8 Å². The molecule has 0 saturated heterocycles. The first-order valence-corrected chi connectivity index (χ1v) is 10.6. The van der Waals surface area contributed by atoms with Gasteiger partial charge in [0.1, 0.15) is 0 Å². The Bertz CT molecular complexity index is 920. The summed E-state index contributed by atoms with van der Waals surface area (Å²) in [5.74, 6) is -0.281. The standard InChI is InChI=1S/C23H30F2N4O3/c1-14(2)18-10-16(12-29-23(18)32-13-20(24)25)11-28-22(31)17-6-5-8-26-19(17)7-9-27-21(30)15(3)4/h5-6,8,10,12,14-15,20H,7,9,11,13H2,1-4H3,(H,27,30)(H,28,31). The Hall–Kier alpha value is -3.10. The van der Waals surface area contributed by atoms with Gasteiger partial charge in [0, 0.05) is 43.4 Å². The lowest BCUT2D eigenvalue weighted by Crippen LogP contribution is -2.30. The van der Waals surface area contributed by atoms with Gasteiger partial charge < -0.3 is 15.4 Å². The Labute approximate surface area is 187 Å². The SMILES string of the molecule is CC(C)C(=O)NCCc1ncccc1C(=O)NCc1cnc(OCC(F)F)c(C(C)C)c1. The molecule has 2 heterocycles. The fourth-order valence-electron chi connectivity index (χ4n) is 2.92. The van der Waals surface area contributed by atoms with Crippen LogP contribution in [0.15, 0.2) is 30.6 Å². The van der Waals surface area contributed by atoms with Gasteiger partial charge in [0.05, 0.1) is 11.3 Å². The van der Waals surface area contributed by atoms with Crippen LogP contribution in [-0.4, -0.2) is 41.4 Å². The van der Waals surface area contributed by atoms with Crippen LogP contribution in [0, 0.1) is 5.92 Å². The van der Waals surface area contributed by atoms with E-state index in [4.69, 9.17) is 4.74 Å². The third-order valence-corrected chi connectivity index (χ3v) is 4.68. The van der Waals surface area contributed by atoms with E-state index < -0.39 is 13.0 Å². The average Bonchev–Trinajstić information content (AvgIpc) is 2.76. The van der Waals surface area contributed by atoms with Crippen LogP contribution in [0.3, 0.4) is 0 Å². The smallest absolute Gasteiger partial charge is 0.272 e. The Morgan fingerprint density at radius 2 is 1.88 bits per heavy atom. The zero-order valence-electron chi connectivity index (χ0n) is 18.8. The minimum absolute atomic E-state index is 0.0109. The predicted molar refractivity (Wildman–Crippen MR) is 117 cm³/mol. The van der Waals surface area contributed by atoms with Crippen molar-refractivity contribution in [1.82, 2.24) is 20.6 Å². The van der Waals surface area contributed by atoms with Crippen molar-refractivity contribution < 1.29 is 23.1 Å². The van der Waals surface area contributed by atoms with Crippen molar-refractivity contribution in [2.45, 2.75) is 53.0 Å². The molecule has 0 saturated carbocycles. The number of alkyl halides is 2. The van der Waals surface area contributed by atoms with Gasteiger partial charge >= 0.3 is 0 Å². The number of halogens is 2. The van der Waals surface area contributed by atoms with Crippen LogP contribution in [0.25, 0.3) is 0 Å². The number of hydrogen-bond donors (Lipinski definition) is 2. The van der Waals surface area contributed by atoms with Gasteiger partial charge in [-0.05, 0) is 29.7 Å². The highest BCUT2D eigenvalue weighted by molar-refractivity contribution is 5.95. The molecule has 2 aromatic rings. The Balaban J connectivity index is 2.03. The highest BCUT2D eigenvalue weighted by atomic mass is 19.3. The van der Waals surface area contributed by atoms with Gasteiger partial charge in [-0.2, -0.15) is 0 Å². The monoisotopic (exact) mass is 448 g/mol. The number of nitrogens with zero attached hydrogens (tertiary/aromatic N) is 2. The normalized spacial score (nSPS) is 11.2. The number of carbonyl (C=O) groups excluding carboxylic acids is 2. The molecule has 0 aliphatic rings. The maximum Gasteiger partial charge on any atom is 0.272 e. The summed E-state index contributed by atoms with van der Waals surface area (Å²) in [6.45, 7) is 7.32. The number of pyridine rings is 2. The van der Waals surface area contributed by atoms with Crippen molar-refractivity contribution >= 4 is 11.8 Å². The molecule has 0 radical (unpaired) electrons. The number of aromatic nitrogens is 2. The van der Waals surface area contributed by atoms with Crippen LogP contribution in [0.1, 0.15) is 60.8 Å². The van der Waals surface area contributed by atoms with Crippen LogP contribution < -0.4 is 15.4 Å². The quantitative estimate of drug-likeness (QED) is 0.549. The summed E-state index contributed by atoms with van der Waals surface area (Å²) in [5.41, 5.74) is 2.44. The van der Waals surface area contributed by atoms with E-state index >= 15 is 0 Å². The summed E-state index contributed by atoms with van der Waals surface area (Å²) < 4.78 is 30.0. The second kappa shape index (κ2) is 12.1. The van der Waals surface area contributed by atoms with Crippen LogP contribution in [-0.2, 0) is 17.8 Å². The summed E-state index contributed by atoms with van der Waals surface area (Å²) in [5, 5.41) is 5.66. The molecule has 0 aromatic carbocycles. The summed E-state index contributed by atoms with van der Waals surface area (Å²) in [7, 11) is 0. The second-order valence-electron chi connectivity index (χ2n) is 7.97. The maximum atomic E-state index is 12.7. The zero-order valence-corrected chi connectivity index (χ0v) is 18.8. The highest BCUT2D eigenvalue weighted by Gasteiger charge is 2.16. The van der Waals surface area contributed by atoms with Gasteiger partial charge in [-0.3, -0.25) is 14.6 Å². The molecular weight excluding hydrogens is 418 g/mol. The number of ether oxygens (including phenoxy) is 1. The lowest BCUT2D eigenvalue weighted by atomic mass is 10.0. The molecule has 0 aliphatic carbocycles. The number of amides is 2. The van der Waals surface area contributed by atoms with E-state index in [0.717, 1.165) is 5.56 Å². The molecule has 7 nitrogen and oxygen atoms in total. The first-order valence-electron chi connectivity index (χ1n) is 10.6. The lowest BCUT2D eigenvalue weighted by molar-refractivity contribution is -0.123. The molecule has 0 bridgehead atoms. The van der Waals surface area contributed by atoms with Crippen molar-refractivity contribution in [2.24, 2.45) is 5.92 Å². The Morgan fingerprint density at radius 3 is 2.53 bits per heavy atom. The van der Waals surface area contributed by atoms with Crippen molar-refractivity contribution in [2.75, 3.05) is 13.2 Å². The van der Waals surface area contributed by atoms with Crippen molar-refractivity contribution in [1.29, 1.82) is 0 Å². The van der Waals surface area contributed by atoms with Crippen LogP contribution in [0.5, 0.6) is 5.88 Å².